The second kappa shape index (κ2) is 6.74. The Morgan fingerprint density at radius 1 is 1.21 bits per heavy atom. The molecule has 1 heterocycles. The van der Waals surface area contributed by atoms with Gasteiger partial charge >= 0.3 is 0 Å². The van der Waals surface area contributed by atoms with E-state index < -0.39 is 6.04 Å². The van der Waals surface area contributed by atoms with Crippen LogP contribution in [-0.2, 0) is 11.3 Å². The topological polar surface area (TPSA) is 58.6 Å². The van der Waals surface area contributed by atoms with Crippen LogP contribution in [0.5, 0.6) is 5.75 Å². The highest BCUT2D eigenvalue weighted by molar-refractivity contribution is 6.03. The monoisotopic (exact) mass is 324 g/mol. The number of nitrogens with one attached hydrogen (secondary N) is 1. The minimum absolute atomic E-state index is 0.0973. The maximum Gasteiger partial charge on any atom is 0.255 e. The van der Waals surface area contributed by atoms with E-state index in [0.717, 1.165) is 11.3 Å². The van der Waals surface area contributed by atoms with Gasteiger partial charge in [-0.05, 0) is 49.7 Å². The predicted octanol–water partition coefficient (Wildman–Crippen LogP) is 3.07. The molecule has 3 rings (SSSR count). The van der Waals surface area contributed by atoms with Crippen LogP contribution in [0.4, 0.5) is 5.69 Å². The molecule has 0 saturated heterocycles. The number of hydrogen-bond donors (Lipinski definition) is 1. The summed E-state index contributed by atoms with van der Waals surface area (Å²) in [7, 11) is 0. The Kier molecular flexibility index (Phi) is 4.51. The van der Waals surface area contributed by atoms with E-state index in [2.05, 4.69) is 5.32 Å². The first-order chi connectivity index (χ1) is 11.6. The molecule has 2 aromatic rings. The molecule has 0 saturated carbocycles. The fourth-order valence-electron chi connectivity index (χ4n) is 2.78. The number of fused-ring (bicyclic) bond motifs is 1. The molecule has 124 valence electrons. The molecule has 0 spiro atoms. The largest absolute Gasteiger partial charge is 0.494 e. The quantitative estimate of drug-likeness (QED) is 0.919. The molecule has 1 N–H and O–H groups in total. The highest BCUT2D eigenvalue weighted by Crippen LogP contribution is 2.25. The maximum atomic E-state index is 12.5. The summed E-state index contributed by atoms with van der Waals surface area (Å²) < 4.78 is 5.38. The number of hydrogen-bond acceptors (Lipinski definition) is 3. The molecule has 1 aliphatic rings. The molecule has 2 amide bonds. The molecule has 5 heteroatoms. The van der Waals surface area contributed by atoms with Crippen LogP contribution in [0.3, 0.4) is 0 Å². The number of amides is 2. The summed E-state index contributed by atoms with van der Waals surface area (Å²) in [5.74, 6) is 0.453. The third kappa shape index (κ3) is 3.11. The molecule has 2 aromatic carbocycles. The zero-order valence-corrected chi connectivity index (χ0v) is 13.8. The number of benzene rings is 2. The smallest absolute Gasteiger partial charge is 0.255 e. The Labute approximate surface area is 141 Å². The first-order valence-corrected chi connectivity index (χ1v) is 8.02. The number of nitrogens with zero attached hydrogens (tertiary/aromatic N) is 1. The molecular weight excluding hydrogens is 304 g/mol. The summed E-state index contributed by atoms with van der Waals surface area (Å²) in [6, 6.07) is 14.1. The third-order valence-corrected chi connectivity index (χ3v) is 4.13. The third-order valence-electron chi connectivity index (χ3n) is 4.13. The van der Waals surface area contributed by atoms with E-state index in [-0.39, 0.29) is 11.8 Å². The highest BCUT2D eigenvalue weighted by Gasteiger charge is 2.33. The van der Waals surface area contributed by atoms with Crippen LogP contribution in [0.1, 0.15) is 29.8 Å². The molecular formula is C19H20N2O3. The number of ether oxygens (including phenoxy) is 1. The van der Waals surface area contributed by atoms with Crippen molar-refractivity contribution in [1.29, 1.82) is 0 Å². The SMILES string of the molecule is CCOc1ccc(NC(=O)[C@@H](C)N2Cc3ccccc3C2=O)cc1. The predicted molar refractivity (Wildman–Crippen MR) is 92.0 cm³/mol. The average Bonchev–Trinajstić information content (AvgIpc) is 2.93. The van der Waals surface area contributed by atoms with E-state index in [9.17, 15) is 9.59 Å². The van der Waals surface area contributed by atoms with Gasteiger partial charge in [0.15, 0.2) is 0 Å². The van der Waals surface area contributed by atoms with Crippen LogP contribution in [0.15, 0.2) is 48.5 Å². The summed E-state index contributed by atoms with van der Waals surface area (Å²) in [5, 5.41) is 2.85. The second-order valence-corrected chi connectivity index (χ2v) is 5.71. The van der Waals surface area contributed by atoms with E-state index in [1.54, 1.807) is 42.2 Å². The first-order valence-electron chi connectivity index (χ1n) is 8.02. The Bertz CT molecular complexity index is 755. The lowest BCUT2D eigenvalue weighted by Gasteiger charge is -2.23. The Morgan fingerprint density at radius 3 is 2.58 bits per heavy atom. The second-order valence-electron chi connectivity index (χ2n) is 5.71. The average molecular weight is 324 g/mol. The van der Waals surface area contributed by atoms with E-state index in [4.69, 9.17) is 4.74 Å². The van der Waals surface area contributed by atoms with Crippen molar-refractivity contribution in [2.75, 3.05) is 11.9 Å². The normalized spacial score (nSPS) is 14.2. The summed E-state index contributed by atoms with van der Waals surface area (Å²) in [5.41, 5.74) is 2.32. The van der Waals surface area contributed by atoms with E-state index in [1.807, 2.05) is 25.1 Å². The molecule has 5 nitrogen and oxygen atoms in total. The van der Waals surface area contributed by atoms with Gasteiger partial charge in [-0.25, -0.2) is 0 Å². The summed E-state index contributed by atoms with van der Waals surface area (Å²) >= 11 is 0. The molecule has 1 aliphatic heterocycles. The van der Waals surface area contributed by atoms with E-state index >= 15 is 0 Å². The lowest BCUT2D eigenvalue weighted by Crippen LogP contribution is -2.42. The number of carbonyl (C=O) groups excluding carboxylic acids is 2. The van der Waals surface area contributed by atoms with Crippen molar-refractivity contribution >= 4 is 17.5 Å². The van der Waals surface area contributed by atoms with Crippen molar-refractivity contribution in [1.82, 2.24) is 4.90 Å². The lowest BCUT2D eigenvalue weighted by atomic mass is 10.1. The van der Waals surface area contributed by atoms with Crippen LogP contribution in [0.2, 0.25) is 0 Å². The minimum Gasteiger partial charge on any atom is -0.494 e. The van der Waals surface area contributed by atoms with Gasteiger partial charge in [0.25, 0.3) is 5.91 Å². The van der Waals surface area contributed by atoms with Crippen LogP contribution in [0, 0.1) is 0 Å². The first kappa shape index (κ1) is 16.1. The van der Waals surface area contributed by atoms with Crippen LogP contribution < -0.4 is 10.1 Å². The van der Waals surface area contributed by atoms with Crippen molar-refractivity contribution < 1.29 is 14.3 Å². The number of carbonyl (C=O) groups is 2. The van der Waals surface area contributed by atoms with Gasteiger partial charge in [0.2, 0.25) is 5.91 Å². The molecule has 24 heavy (non-hydrogen) atoms. The molecule has 0 radical (unpaired) electrons. The molecule has 0 aliphatic carbocycles. The van der Waals surface area contributed by atoms with Crippen molar-refractivity contribution in [3.8, 4) is 5.75 Å². The van der Waals surface area contributed by atoms with Crippen LogP contribution in [-0.4, -0.2) is 29.4 Å². The minimum atomic E-state index is -0.545. The highest BCUT2D eigenvalue weighted by atomic mass is 16.5. The Balaban J connectivity index is 1.66. The number of rotatable bonds is 5. The fourth-order valence-corrected chi connectivity index (χ4v) is 2.78. The van der Waals surface area contributed by atoms with Crippen molar-refractivity contribution in [2.45, 2.75) is 26.4 Å². The fraction of sp³-hybridized carbons (Fsp3) is 0.263. The van der Waals surface area contributed by atoms with Gasteiger partial charge in [-0.1, -0.05) is 18.2 Å². The maximum absolute atomic E-state index is 12.5. The summed E-state index contributed by atoms with van der Waals surface area (Å²) in [6.07, 6.45) is 0. The van der Waals surface area contributed by atoms with Crippen LogP contribution in [0.25, 0.3) is 0 Å². The Hall–Kier alpha value is -2.82. The van der Waals surface area contributed by atoms with Crippen molar-refractivity contribution in [3.63, 3.8) is 0 Å². The molecule has 0 aromatic heterocycles. The number of anilines is 1. The van der Waals surface area contributed by atoms with E-state index in [0.29, 0.717) is 24.4 Å². The Morgan fingerprint density at radius 2 is 1.92 bits per heavy atom. The van der Waals surface area contributed by atoms with Gasteiger partial charge in [-0.15, -0.1) is 0 Å². The van der Waals surface area contributed by atoms with Crippen molar-refractivity contribution in [2.24, 2.45) is 0 Å². The lowest BCUT2D eigenvalue weighted by molar-refractivity contribution is -0.120. The van der Waals surface area contributed by atoms with Crippen molar-refractivity contribution in [3.05, 3.63) is 59.7 Å². The van der Waals surface area contributed by atoms with Crippen LogP contribution >= 0.6 is 0 Å². The van der Waals surface area contributed by atoms with Gasteiger partial charge in [0, 0.05) is 17.8 Å². The summed E-state index contributed by atoms with van der Waals surface area (Å²) in [4.78, 5) is 26.5. The van der Waals surface area contributed by atoms with Gasteiger partial charge in [-0.3, -0.25) is 9.59 Å². The van der Waals surface area contributed by atoms with Gasteiger partial charge in [0.1, 0.15) is 11.8 Å². The molecule has 0 unspecified atom stereocenters. The van der Waals surface area contributed by atoms with Gasteiger partial charge in [-0.2, -0.15) is 0 Å². The zero-order chi connectivity index (χ0) is 17.1. The molecule has 0 bridgehead atoms. The van der Waals surface area contributed by atoms with Gasteiger partial charge in [0.05, 0.1) is 6.61 Å². The van der Waals surface area contributed by atoms with Gasteiger partial charge < -0.3 is 15.0 Å². The zero-order valence-electron chi connectivity index (χ0n) is 13.8. The molecule has 0 fully saturated rings. The summed E-state index contributed by atoms with van der Waals surface area (Å²) in [6.45, 7) is 4.73. The molecule has 1 atom stereocenters. The van der Waals surface area contributed by atoms with E-state index in [1.165, 1.54) is 0 Å². The standard InChI is InChI=1S/C19H20N2O3/c1-3-24-16-10-8-15(9-11-16)20-18(22)13(2)21-12-14-6-4-5-7-17(14)19(21)23/h4-11,13H,3,12H2,1-2H3,(H,20,22)/t13-/m1/s1.